The van der Waals surface area contributed by atoms with Crippen molar-refractivity contribution in [2.45, 2.75) is 0 Å². The van der Waals surface area contributed by atoms with E-state index in [0.717, 1.165) is 72.0 Å². The van der Waals surface area contributed by atoms with Crippen molar-refractivity contribution in [3.8, 4) is 67.9 Å². The zero-order chi connectivity index (χ0) is 37.0. The van der Waals surface area contributed by atoms with Crippen molar-refractivity contribution in [3.63, 3.8) is 0 Å². The van der Waals surface area contributed by atoms with E-state index in [1.807, 2.05) is 78.9 Å². The number of hydrogen-bond acceptors (Lipinski definition) is 7. The van der Waals surface area contributed by atoms with Crippen molar-refractivity contribution in [1.29, 1.82) is 0 Å². The van der Waals surface area contributed by atoms with Crippen LogP contribution in [0.4, 0.5) is 0 Å². The maximum absolute atomic E-state index is 6.32. The highest BCUT2D eigenvalue weighted by molar-refractivity contribution is 6.11. The number of pyridine rings is 1. The average molecular weight is 720 g/mol. The summed E-state index contributed by atoms with van der Waals surface area (Å²) in [5.41, 5.74) is 11.2. The molecule has 0 aliphatic heterocycles. The quantitative estimate of drug-likeness (QED) is 0.169. The lowest BCUT2D eigenvalue weighted by Crippen LogP contribution is -2.00. The maximum Gasteiger partial charge on any atom is 0.227 e. The molecule has 0 atom stereocenters. The van der Waals surface area contributed by atoms with E-state index < -0.39 is 0 Å². The van der Waals surface area contributed by atoms with Gasteiger partial charge in [-0.2, -0.15) is 0 Å². The lowest BCUT2D eigenvalue weighted by atomic mass is 9.91. The van der Waals surface area contributed by atoms with Gasteiger partial charge in [-0.1, -0.05) is 127 Å². The van der Waals surface area contributed by atoms with Gasteiger partial charge in [-0.25, -0.2) is 19.9 Å². The molecule has 11 rings (SSSR count). The van der Waals surface area contributed by atoms with Crippen LogP contribution in [0.2, 0.25) is 0 Å². The first-order chi connectivity index (χ1) is 27.7. The fourth-order valence-corrected chi connectivity index (χ4v) is 7.52. The number of benzene rings is 7. The molecule has 0 fully saturated rings. The zero-order valence-corrected chi connectivity index (χ0v) is 29.8. The third-order valence-electron chi connectivity index (χ3n) is 10.3. The highest BCUT2D eigenvalue weighted by Gasteiger charge is 2.17. The highest BCUT2D eigenvalue weighted by Crippen LogP contribution is 2.40. The second kappa shape index (κ2) is 13.0. The molecule has 0 aliphatic rings. The minimum atomic E-state index is 0.557. The Morgan fingerprint density at radius 1 is 0.321 bits per heavy atom. The molecule has 0 amide bonds. The summed E-state index contributed by atoms with van der Waals surface area (Å²) in [6.45, 7) is 0. The summed E-state index contributed by atoms with van der Waals surface area (Å²) in [5, 5.41) is 4.36. The lowest BCUT2D eigenvalue weighted by molar-refractivity contribution is 0.617. The van der Waals surface area contributed by atoms with E-state index in [4.69, 9.17) is 28.8 Å². The Hall–Kier alpha value is -7.77. The summed E-state index contributed by atoms with van der Waals surface area (Å²) >= 11 is 0. The second-order valence-corrected chi connectivity index (χ2v) is 13.7. The van der Waals surface area contributed by atoms with Gasteiger partial charge in [-0.3, -0.25) is 4.98 Å². The first kappa shape index (κ1) is 31.7. The van der Waals surface area contributed by atoms with Crippen LogP contribution in [-0.2, 0) is 0 Å². The molecule has 0 saturated carbocycles. The number of fused-ring (bicyclic) bond motifs is 5. The SMILES string of the molecule is c1ccc(-c2nc(-c3ccccc3)nc(-c3ccc(-c4ccc(-c5ccc6oc7cc8oc(-c9ccncc9)nc8cc7c6c5)c5ccccc45)cc3)n2)cc1. The van der Waals surface area contributed by atoms with Gasteiger partial charge in [0.05, 0.1) is 0 Å². The third-order valence-corrected chi connectivity index (χ3v) is 10.3. The largest absolute Gasteiger partial charge is 0.456 e. The Balaban J connectivity index is 0.966. The highest BCUT2D eigenvalue weighted by atomic mass is 16.4. The average Bonchev–Trinajstić information content (AvgIpc) is 3.86. The van der Waals surface area contributed by atoms with Crippen molar-refractivity contribution in [1.82, 2.24) is 24.9 Å². The van der Waals surface area contributed by atoms with Crippen molar-refractivity contribution in [2.24, 2.45) is 0 Å². The van der Waals surface area contributed by atoms with Crippen LogP contribution in [0.25, 0.3) is 112 Å². The molecule has 0 radical (unpaired) electrons. The van der Waals surface area contributed by atoms with Crippen LogP contribution in [0.5, 0.6) is 0 Å². The molecule has 7 aromatic carbocycles. The van der Waals surface area contributed by atoms with Gasteiger partial charge in [0, 0.05) is 51.5 Å². The number of hydrogen-bond donors (Lipinski definition) is 0. The van der Waals surface area contributed by atoms with Gasteiger partial charge in [0.25, 0.3) is 0 Å². The molecule has 0 aliphatic carbocycles. The van der Waals surface area contributed by atoms with Crippen LogP contribution >= 0.6 is 0 Å². The Morgan fingerprint density at radius 3 is 1.50 bits per heavy atom. The summed E-state index contributed by atoms with van der Waals surface area (Å²) in [6.07, 6.45) is 3.47. The molecule has 0 unspecified atom stereocenters. The molecule has 56 heavy (non-hydrogen) atoms. The van der Waals surface area contributed by atoms with E-state index in [1.165, 1.54) is 10.8 Å². The third kappa shape index (κ3) is 5.49. The molecular formula is C49H29N5O2. The van der Waals surface area contributed by atoms with Gasteiger partial charge >= 0.3 is 0 Å². The smallest absolute Gasteiger partial charge is 0.227 e. The minimum Gasteiger partial charge on any atom is -0.456 e. The first-order valence-corrected chi connectivity index (χ1v) is 18.4. The predicted octanol–water partition coefficient (Wildman–Crippen LogP) is 12.5. The first-order valence-electron chi connectivity index (χ1n) is 18.4. The van der Waals surface area contributed by atoms with E-state index in [-0.39, 0.29) is 0 Å². The fourth-order valence-electron chi connectivity index (χ4n) is 7.52. The minimum absolute atomic E-state index is 0.557. The Morgan fingerprint density at radius 2 is 0.857 bits per heavy atom. The van der Waals surface area contributed by atoms with Crippen LogP contribution in [0.15, 0.2) is 185 Å². The van der Waals surface area contributed by atoms with Gasteiger partial charge in [-0.05, 0) is 63.4 Å². The molecule has 4 heterocycles. The van der Waals surface area contributed by atoms with Gasteiger partial charge in [-0.15, -0.1) is 0 Å². The molecule has 0 N–H and O–H groups in total. The van der Waals surface area contributed by atoms with Crippen LogP contribution in [0, 0.1) is 0 Å². The number of aromatic nitrogens is 5. The molecule has 262 valence electrons. The number of rotatable bonds is 6. The van der Waals surface area contributed by atoms with Crippen molar-refractivity contribution in [2.75, 3.05) is 0 Å². The van der Waals surface area contributed by atoms with Crippen molar-refractivity contribution in [3.05, 3.63) is 176 Å². The normalized spacial score (nSPS) is 11.6. The standard InChI is InChI=1S/C49H29N5O2/c1-3-9-31(10-4-1)46-52-47(32-11-5-2-6-12-32)54-48(53-46)33-17-15-30(16-18-33)36-20-21-37(39-14-8-7-13-38(36)39)35-19-22-43-40(27-35)41-28-42-45(29-44(41)55-43)56-49(51-42)34-23-25-50-26-24-34/h1-29H. The van der Waals surface area contributed by atoms with Gasteiger partial charge in [0.2, 0.25) is 5.89 Å². The van der Waals surface area contributed by atoms with Crippen LogP contribution < -0.4 is 0 Å². The van der Waals surface area contributed by atoms with Gasteiger partial charge < -0.3 is 8.83 Å². The van der Waals surface area contributed by atoms with Crippen LogP contribution in [0.1, 0.15) is 0 Å². The van der Waals surface area contributed by atoms with Crippen LogP contribution in [-0.4, -0.2) is 24.9 Å². The number of oxazole rings is 1. The van der Waals surface area contributed by atoms with E-state index in [1.54, 1.807) is 12.4 Å². The molecule has 7 nitrogen and oxygen atoms in total. The Labute approximate surface area is 320 Å². The van der Waals surface area contributed by atoms with Crippen LogP contribution in [0.3, 0.4) is 0 Å². The number of nitrogens with zero attached hydrogens (tertiary/aromatic N) is 5. The van der Waals surface area contributed by atoms with E-state index in [0.29, 0.717) is 28.9 Å². The predicted molar refractivity (Wildman–Crippen MR) is 223 cm³/mol. The topological polar surface area (TPSA) is 90.7 Å². The molecule has 11 aromatic rings. The van der Waals surface area contributed by atoms with Crippen molar-refractivity contribution >= 4 is 43.8 Å². The molecule has 4 aromatic heterocycles. The van der Waals surface area contributed by atoms with E-state index >= 15 is 0 Å². The van der Waals surface area contributed by atoms with Crippen molar-refractivity contribution < 1.29 is 8.83 Å². The lowest BCUT2D eigenvalue weighted by Gasteiger charge is -2.13. The Kier molecular flexibility index (Phi) is 7.35. The molecular weight excluding hydrogens is 691 g/mol. The van der Waals surface area contributed by atoms with Gasteiger partial charge in [0.15, 0.2) is 23.1 Å². The summed E-state index contributed by atoms with van der Waals surface area (Å²) in [5.74, 6) is 2.47. The van der Waals surface area contributed by atoms with E-state index in [9.17, 15) is 0 Å². The monoisotopic (exact) mass is 719 g/mol. The summed E-state index contributed by atoms with van der Waals surface area (Å²) in [4.78, 5) is 23.6. The Bertz CT molecular complexity index is 3170. The summed E-state index contributed by atoms with van der Waals surface area (Å²) < 4.78 is 12.4. The second-order valence-electron chi connectivity index (χ2n) is 13.7. The maximum atomic E-state index is 6.32. The molecule has 0 saturated heterocycles. The fraction of sp³-hybridized carbons (Fsp3) is 0. The van der Waals surface area contributed by atoms with E-state index in [2.05, 4.69) is 89.9 Å². The number of furan rings is 1. The molecule has 0 spiro atoms. The summed E-state index contributed by atoms with van der Waals surface area (Å²) in [6, 6.07) is 55.8. The zero-order valence-electron chi connectivity index (χ0n) is 29.8. The summed E-state index contributed by atoms with van der Waals surface area (Å²) in [7, 11) is 0. The molecule has 7 heteroatoms. The van der Waals surface area contributed by atoms with Gasteiger partial charge in [0.1, 0.15) is 16.7 Å². The molecule has 0 bridgehead atoms.